The SMILES string of the molecule is CC(C)(C)OC=O.Nc1cccc(CN2CCNCC2)c1. The molecule has 0 spiro atoms. The minimum Gasteiger partial charge on any atom is -0.462 e. The maximum absolute atomic E-state index is 9.60. The number of nitrogen functional groups attached to an aromatic ring is 1. The van der Waals surface area contributed by atoms with Gasteiger partial charge < -0.3 is 15.8 Å². The van der Waals surface area contributed by atoms with Crippen molar-refractivity contribution in [3.8, 4) is 0 Å². The molecule has 1 heterocycles. The molecule has 0 amide bonds. The Morgan fingerprint density at radius 2 is 2.00 bits per heavy atom. The maximum Gasteiger partial charge on any atom is 0.293 e. The maximum atomic E-state index is 9.60. The normalized spacial score (nSPS) is 15.8. The minimum absolute atomic E-state index is 0.318. The van der Waals surface area contributed by atoms with E-state index in [0.29, 0.717) is 6.47 Å². The van der Waals surface area contributed by atoms with Crippen molar-refractivity contribution in [1.29, 1.82) is 0 Å². The second kappa shape index (κ2) is 8.64. The summed E-state index contributed by atoms with van der Waals surface area (Å²) in [6.07, 6.45) is 0. The fourth-order valence-corrected chi connectivity index (χ4v) is 1.96. The molecule has 0 aliphatic carbocycles. The summed E-state index contributed by atoms with van der Waals surface area (Å²) in [7, 11) is 0. The van der Waals surface area contributed by atoms with E-state index in [1.54, 1.807) is 0 Å². The molecule has 3 N–H and O–H groups in total. The topological polar surface area (TPSA) is 67.6 Å². The number of hydrogen-bond acceptors (Lipinski definition) is 5. The van der Waals surface area contributed by atoms with Gasteiger partial charge in [0.25, 0.3) is 6.47 Å². The minimum atomic E-state index is -0.318. The average Bonchev–Trinajstić information content (AvgIpc) is 2.39. The van der Waals surface area contributed by atoms with E-state index in [2.05, 4.69) is 27.1 Å². The lowest BCUT2D eigenvalue weighted by Crippen LogP contribution is -2.42. The standard InChI is InChI=1S/C11H17N3.C5H10O2/c12-11-3-1-2-10(8-11)9-14-6-4-13-5-7-14;1-5(2,3)7-4-6/h1-3,8,13H,4-7,9,12H2;4H,1-3H3. The summed E-state index contributed by atoms with van der Waals surface area (Å²) in [4.78, 5) is 12.0. The largest absolute Gasteiger partial charge is 0.462 e. The summed E-state index contributed by atoms with van der Waals surface area (Å²) in [5.74, 6) is 0. The van der Waals surface area contributed by atoms with Gasteiger partial charge in [0.1, 0.15) is 5.60 Å². The Morgan fingerprint density at radius 1 is 1.33 bits per heavy atom. The predicted octanol–water partition coefficient (Wildman–Crippen LogP) is 1.63. The van der Waals surface area contributed by atoms with Gasteiger partial charge in [0, 0.05) is 38.4 Å². The van der Waals surface area contributed by atoms with Crippen molar-refractivity contribution in [3.05, 3.63) is 29.8 Å². The molecule has 1 aliphatic rings. The molecule has 5 heteroatoms. The molecule has 118 valence electrons. The summed E-state index contributed by atoms with van der Waals surface area (Å²) in [6, 6.07) is 8.15. The number of nitrogens with zero attached hydrogens (tertiary/aromatic N) is 1. The lowest BCUT2D eigenvalue weighted by molar-refractivity contribution is -0.138. The molecule has 1 fully saturated rings. The van der Waals surface area contributed by atoms with E-state index in [9.17, 15) is 4.79 Å². The smallest absolute Gasteiger partial charge is 0.293 e. The molecule has 0 radical (unpaired) electrons. The lowest BCUT2D eigenvalue weighted by Gasteiger charge is -2.27. The van der Waals surface area contributed by atoms with Gasteiger partial charge in [0.2, 0.25) is 0 Å². The van der Waals surface area contributed by atoms with Crippen LogP contribution >= 0.6 is 0 Å². The van der Waals surface area contributed by atoms with Crippen LogP contribution in [0, 0.1) is 0 Å². The summed E-state index contributed by atoms with van der Waals surface area (Å²) >= 11 is 0. The van der Waals surface area contributed by atoms with Gasteiger partial charge in [0.05, 0.1) is 0 Å². The Kier molecular flexibility index (Phi) is 7.19. The molecule has 5 nitrogen and oxygen atoms in total. The van der Waals surface area contributed by atoms with Crippen LogP contribution in [0.15, 0.2) is 24.3 Å². The van der Waals surface area contributed by atoms with Crippen LogP contribution in [0.3, 0.4) is 0 Å². The number of piperazine rings is 1. The summed E-state index contributed by atoms with van der Waals surface area (Å²) in [5.41, 5.74) is 7.59. The number of carbonyl (C=O) groups excluding carboxylic acids is 1. The van der Waals surface area contributed by atoms with Crippen molar-refractivity contribution < 1.29 is 9.53 Å². The molecule has 0 atom stereocenters. The van der Waals surface area contributed by atoms with E-state index < -0.39 is 0 Å². The van der Waals surface area contributed by atoms with Gasteiger partial charge in [-0.2, -0.15) is 0 Å². The number of hydrogen-bond donors (Lipinski definition) is 2. The number of benzene rings is 1. The van der Waals surface area contributed by atoms with E-state index in [-0.39, 0.29) is 5.60 Å². The summed E-state index contributed by atoms with van der Waals surface area (Å²) in [6.45, 7) is 11.4. The van der Waals surface area contributed by atoms with Gasteiger partial charge in [-0.3, -0.25) is 9.69 Å². The third-order valence-electron chi connectivity index (χ3n) is 2.97. The fourth-order valence-electron chi connectivity index (χ4n) is 1.96. The van der Waals surface area contributed by atoms with E-state index in [4.69, 9.17) is 5.73 Å². The molecule has 0 aromatic heterocycles. The van der Waals surface area contributed by atoms with Gasteiger partial charge >= 0.3 is 0 Å². The number of nitrogens with one attached hydrogen (secondary N) is 1. The van der Waals surface area contributed by atoms with Crippen molar-refractivity contribution in [1.82, 2.24) is 10.2 Å². The van der Waals surface area contributed by atoms with Gasteiger partial charge in [0.15, 0.2) is 0 Å². The molecular formula is C16H27N3O2. The first-order chi connectivity index (χ1) is 9.90. The zero-order valence-corrected chi connectivity index (χ0v) is 13.3. The second-order valence-corrected chi connectivity index (χ2v) is 6.10. The van der Waals surface area contributed by atoms with Gasteiger partial charge in [-0.05, 0) is 38.5 Å². The molecule has 1 aliphatic heterocycles. The van der Waals surface area contributed by atoms with Crippen molar-refractivity contribution in [2.45, 2.75) is 32.9 Å². The van der Waals surface area contributed by atoms with Crippen LogP contribution in [0.2, 0.25) is 0 Å². The van der Waals surface area contributed by atoms with E-state index in [1.807, 2.05) is 32.9 Å². The van der Waals surface area contributed by atoms with Crippen LogP contribution in [0.5, 0.6) is 0 Å². The number of carbonyl (C=O) groups is 1. The average molecular weight is 293 g/mol. The van der Waals surface area contributed by atoms with Crippen molar-refractivity contribution in [2.75, 3.05) is 31.9 Å². The van der Waals surface area contributed by atoms with Crippen LogP contribution in [0.1, 0.15) is 26.3 Å². The van der Waals surface area contributed by atoms with Crippen molar-refractivity contribution in [3.63, 3.8) is 0 Å². The highest BCUT2D eigenvalue weighted by Crippen LogP contribution is 2.09. The molecule has 0 saturated carbocycles. The molecule has 2 rings (SSSR count). The van der Waals surface area contributed by atoms with E-state index >= 15 is 0 Å². The Hall–Kier alpha value is -1.59. The van der Waals surface area contributed by atoms with Crippen molar-refractivity contribution in [2.24, 2.45) is 0 Å². The Labute approximate surface area is 127 Å². The first-order valence-electron chi connectivity index (χ1n) is 7.29. The highest BCUT2D eigenvalue weighted by molar-refractivity contribution is 5.40. The fraction of sp³-hybridized carbons (Fsp3) is 0.562. The monoisotopic (exact) mass is 293 g/mol. The third kappa shape index (κ3) is 8.32. The van der Waals surface area contributed by atoms with Gasteiger partial charge in [-0.15, -0.1) is 0 Å². The number of rotatable bonds is 3. The summed E-state index contributed by atoms with van der Waals surface area (Å²) in [5, 5.41) is 3.35. The zero-order chi connectivity index (χ0) is 15.7. The lowest BCUT2D eigenvalue weighted by atomic mass is 10.2. The Bertz CT molecular complexity index is 424. The van der Waals surface area contributed by atoms with E-state index in [0.717, 1.165) is 38.4 Å². The molecule has 1 aromatic carbocycles. The number of nitrogens with two attached hydrogens (primary N) is 1. The van der Waals surface area contributed by atoms with Crippen LogP contribution in [-0.4, -0.2) is 43.2 Å². The predicted molar refractivity (Wildman–Crippen MR) is 85.9 cm³/mol. The highest BCUT2D eigenvalue weighted by Gasteiger charge is 2.09. The Morgan fingerprint density at radius 3 is 2.48 bits per heavy atom. The second-order valence-electron chi connectivity index (χ2n) is 6.10. The zero-order valence-electron chi connectivity index (χ0n) is 13.3. The van der Waals surface area contributed by atoms with E-state index in [1.165, 1.54) is 5.56 Å². The number of anilines is 1. The molecular weight excluding hydrogens is 266 g/mol. The van der Waals surface area contributed by atoms with Gasteiger partial charge in [-0.1, -0.05) is 12.1 Å². The Balaban J connectivity index is 0.000000270. The van der Waals surface area contributed by atoms with Crippen molar-refractivity contribution >= 4 is 12.2 Å². The first kappa shape index (κ1) is 17.5. The number of ether oxygens (including phenoxy) is 1. The molecule has 1 aromatic rings. The third-order valence-corrected chi connectivity index (χ3v) is 2.97. The van der Waals surface area contributed by atoms with Crippen LogP contribution in [0.4, 0.5) is 5.69 Å². The van der Waals surface area contributed by atoms with Crippen LogP contribution in [0.25, 0.3) is 0 Å². The molecule has 0 unspecified atom stereocenters. The highest BCUT2D eigenvalue weighted by atomic mass is 16.5. The molecule has 0 bridgehead atoms. The quantitative estimate of drug-likeness (QED) is 0.655. The van der Waals surface area contributed by atoms with Crippen LogP contribution < -0.4 is 11.1 Å². The summed E-state index contributed by atoms with van der Waals surface area (Å²) < 4.78 is 4.55. The molecule has 1 saturated heterocycles. The molecule has 21 heavy (non-hydrogen) atoms. The van der Waals surface area contributed by atoms with Crippen LogP contribution in [-0.2, 0) is 16.1 Å². The first-order valence-corrected chi connectivity index (χ1v) is 7.29. The van der Waals surface area contributed by atoms with Gasteiger partial charge in [-0.25, -0.2) is 0 Å².